The topological polar surface area (TPSA) is 53.1 Å². The first-order valence-electron chi connectivity index (χ1n) is 7.02. The van der Waals surface area contributed by atoms with E-state index in [2.05, 4.69) is 25.9 Å². The molecule has 1 aromatic heterocycles. The number of methoxy groups -OCH3 is 1. The Bertz CT molecular complexity index is 600. The average molecular weight is 310 g/mol. The zero-order valence-electron chi connectivity index (χ0n) is 13.6. The first-order chi connectivity index (χ1) is 9.84. The van der Waals surface area contributed by atoms with Crippen LogP contribution >= 0.6 is 11.6 Å². The van der Waals surface area contributed by atoms with Crippen LogP contribution in [0.15, 0.2) is 24.4 Å². The monoisotopic (exact) mass is 309 g/mol. The number of hydrogen-bond donors (Lipinski definition) is 1. The molecule has 0 amide bonds. The largest absolute Gasteiger partial charge is 0.496 e. The van der Waals surface area contributed by atoms with Gasteiger partial charge in [-0.05, 0) is 39.0 Å². The molecule has 5 heteroatoms. The molecule has 116 valence electrons. The fourth-order valence-corrected chi connectivity index (χ4v) is 2.16. The third kappa shape index (κ3) is 3.70. The van der Waals surface area contributed by atoms with E-state index in [1.165, 1.54) is 0 Å². The van der Waals surface area contributed by atoms with Gasteiger partial charge in [0.15, 0.2) is 0 Å². The van der Waals surface area contributed by atoms with Crippen molar-refractivity contribution in [3.8, 4) is 16.9 Å². The van der Waals surface area contributed by atoms with Crippen molar-refractivity contribution in [3.63, 3.8) is 0 Å². The van der Waals surface area contributed by atoms with Gasteiger partial charge in [0.1, 0.15) is 11.6 Å². The molecule has 0 aliphatic carbocycles. The maximum absolute atomic E-state index is 6.20. The quantitative estimate of drug-likeness (QED) is 0.883. The summed E-state index contributed by atoms with van der Waals surface area (Å²) in [6.45, 7) is 10.2. The van der Waals surface area contributed by atoms with Gasteiger partial charge in [-0.2, -0.15) is 5.10 Å². The molecule has 0 aliphatic rings. The van der Waals surface area contributed by atoms with Gasteiger partial charge >= 0.3 is 0 Å². The molecular formula is C16H24ClN3O. The van der Waals surface area contributed by atoms with Gasteiger partial charge in [0, 0.05) is 16.1 Å². The summed E-state index contributed by atoms with van der Waals surface area (Å²) < 4.78 is 7.15. The van der Waals surface area contributed by atoms with E-state index in [9.17, 15) is 0 Å². The Kier molecular flexibility index (Phi) is 5.67. The molecule has 4 nitrogen and oxygen atoms in total. The van der Waals surface area contributed by atoms with E-state index in [0.717, 1.165) is 16.9 Å². The van der Waals surface area contributed by atoms with Gasteiger partial charge in [-0.25, -0.2) is 4.68 Å². The number of nitrogen functional groups attached to an aromatic ring is 1. The third-order valence-electron chi connectivity index (χ3n) is 2.89. The molecule has 0 saturated carbocycles. The second-order valence-electron chi connectivity index (χ2n) is 5.37. The Balaban J connectivity index is 0.00000106. The lowest BCUT2D eigenvalue weighted by atomic mass is 10.1. The van der Waals surface area contributed by atoms with Gasteiger partial charge in [-0.15, -0.1) is 0 Å². The Morgan fingerprint density at radius 1 is 1.19 bits per heavy atom. The first kappa shape index (κ1) is 17.4. The number of anilines is 1. The maximum Gasteiger partial charge on any atom is 0.130 e. The minimum absolute atomic E-state index is 0.172. The third-order valence-corrected chi connectivity index (χ3v) is 3.13. The van der Waals surface area contributed by atoms with Crippen molar-refractivity contribution in [1.82, 2.24) is 9.78 Å². The fourth-order valence-electron chi connectivity index (χ4n) is 1.99. The minimum atomic E-state index is -0.172. The van der Waals surface area contributed by atoms with E-state index in [1.807, 2.05) is 26.0 Å². The fraction of sp³-hybridized carbons (Fsp3) is 0.438. The van der Waals surface area contributed by atoms with E-state index >= 15 is 0 Å². The number of hydrogen-bond acceptors (Lipinski definition) is 3. The molecule has 2 aromatic rings. The van der Waals surface area contributed by atoms with Crippen LogP contribution in [-0.4, -0.2) is 16.9 Å². The smallest absolute Gasteiger partial charge is 0.130 e. The van der Waals surface area contributed by atoms with E-state index in [4.69, 9.17) is 22.1 Å². The predicted molar refractivity (Wildman–Crippen MR) is 90.0 cm³/mol. The Morgan fingerprint density at radius 2 is 1.81 bits per heavy atom. The predicted octanol–water partition coefficient (Wildman–Crippen LogP) is 4.58. The standard InChI is InChI=1S/C14H18ClN3O.C2H6/c1-14(2,3)18-13(16)11(8-17-18)10-7-9(15)5-6-12(10)19-4;1-2/h5-8H,16H2,1-4H3;1-2H3. The van der Waals surface area contributed by atoms with Crippen LogP contribution in [0.3, 0.4) is 0 Å². The van der Waals surface area contributed by atoms with Gasteiger partial charge in [-0.1, -0.05) is 25.4 Å². The summed E-state index contributed by atoms with van der Waals surface area (Å²) in [6.07, 6.45) is 1.74. The van der Waals surface area contributed by atoms with Crippen LogP contribution in [0, 0.1) is 0 Å². The summed E-state index contributed by atoms with van der Waals surface area (Å²) in [5.41, 5.74) is 7.70. The molecule has 21 heavy (non-hydrogen) atoms. The van der Waals surface area contributed by atoms with Crippen molar-refractivity contribution in [2.24, 2.45) is 0 Å². The van der Waals surface area contributed by atoms with Crippen molar-refractivity contribution in [1.29, 1.82) is 0 Å². The molecule has 1 aromatic carbocycles. The molecule has 0 aliphatic heterocycles. The van der Waals surface area contributed by atoms with Crippen LogP contribution < -0.4 is 10.5 Å². The van der Waals surface area contributed by atoms with Crippen LogP contribution in [0.4, 0.5) is 5.82 Å². The first-order valence-corrected chi connectivity index (χ1v) is 7.40. The minimum Gasteiger partial charge on any atom is -0.496 e. The number of aromatic nitrogens is 2. The van der Waals surface area contributed by atoms with Crippen molar-refractivity contribution < 1.29 is 4.74 Å². The summed E-state index contributed by atoms with van der Waals surface area (Å²) in [4.78, 5) is 0. The summed E-state index contributed by atoms with van der Waals surface area (Å²) in [7, 11) is 1.62. The van der Waals surface area contributed by atoms with Crippen molar-refractivity contribution in [2.75, 3.05) is 12.8 Å². The van der Waals surface area contributed by atoms with Crippen LogP contribution in [-0.2, 0) is 5.54 Å². The van der Waals surface area contributed by atoms with E-state index in [1.54, 1.807) is 24.1 Å². The molecule has 0 radical (unpaired) electrons. The number of nitrogens with two attached hydrogens (primary N) is 1. The van der Waals surface area contributed by atoms with E-state index < -0.39 is 0 Å². The molecule has 0 fully saturated rings. The number of halogens is 1. The Morgan fingerprint density at radius 3 is 2.29 bits per heavy atom. The molecular weight excluding hydrogens is 286 g/mol. The highest BCUT2D eigenvalue weighted by atomic mass is 35.5. The van der Waals surface area contributed by atoms with Crippen molar-refractivity contribution >= 4 is 17.4 Å². The molecule has 2 rings (SSSR count). The van der Waals surface area contributed by atoms with Gasteiger partial charge < -0.3 is 10.5 Å². The molecule has 2 N–H and O–H groups in total. The molecule has 0 spiro atoms. The Hall–Kier alpha value is -1.68. The van der Waals surface area contributed by atoms with Crippen LogP contribution in [0.25, 0.3) is 11.1 Å². The van der Waals surface area contributed by atoms with Gasteiger partial charge in [0.05, 0.1) is 18.8 Å². The highest BCUT2D eigenvalue weighted by molar-refractivity contribution is 6.31. The SMILES string of the molecule is CC.COc1ccc(Cl)cc1-c1cnn(C(C)(C)C)c1N. The van der Waals surface area contributed by atoms with Crippen LogP contribution in [0.2, 0.25) is 5.02 Å². The lowest BCUT2D eigenvalue weighted by molar-refractivity contribution is 0.361. The van der Waals surface area contributed by atoms with Crippen molar-refractivity contribution in [3.05, 3.63) is 29.4 Å². The number of nitrogens with zero attached hydrogens (tertiary/aromatic N) is 2. The zero-order chi connectivity index (χ0) is 16.2. The van der Waals surface area contributed by atoms with Gasteiger partial charge in [-0.3, -0.25) is 0 Å². The highest BCUT2D eigenvalue weighted by Gasteiger charge is 2.21. The van der Waals surface area contributed by atoms with Gasteiger partial charge in [0.25, 0.3) is 0 Å². The summed E-state index contributed by atoms with van der Waals surface area (Å²) in [5.74, 6) is 1.33. The molecule has 0 atom stereocenters. The van der Waals surface area contributed by atoms with E-state index in [-0.39, 0.29) is 5.54 Å². The van der Waals surface area contributed by atoms with Crippen LogP contribution in [0.1, 0.15) is 34.6 Å². The van der Waals surface area contributed by atoms with Crippen LogP contribution in [0.5, 0.6) is 5.75 Å². The number of rotatable bonds is 2. The van der Waals surface area contributed by atoms with Gasteiger partial charge in [0.2, 0.25) is 0 Å². The molecule has 0 bridgehead atoms. The maximum atomic E-state index is 6.20. The Labute approximate surface area is 131 Å². The molecule has 0 unspecified atom stereocenters. The summed E-state index contributed by atoms with van der Waals surface area (Å²) in [6, 6.07) is 5.44. The van der Waals surface area contributed by atoms with E-state index in [0.29, 0.717) is 10.8 Å². The second-order valence-corrected chi connectivity index (χ2v) is 5.81. The zero-order valence-corrected chi connectivity index (χ0v) is 14.3. The lowest BCUT2D eigenvalue weighted by Crippen LogP contribution is -2.24. The number of benzene rings is 1. The summed E-state index contributed by atoms with van der Waals surface area (Å²) in [5, 5.41) is 5.00. The van der Waals surface area contributed by atoms with Crippen molar-refractivity contribution in [2.45, 2.75) is 40.2 Å². The lowest BCUT2D eigenvalue weighted by Gasteiger charge is -2.21. The highest BCUT2D eigenvalue weighted by Crippen LogP contribution is 2.36. The number of ether oxygens (including phenoxy) is 1. The summed E-state index contributed by atoms with van der Waals surface area (Å²) >= 11 is 6.05. The second kappa shape index (κ2) is 6.85. The molecule has 0 saturated heterocycles. The molecule has 1 heterocycles. The normalized spacial score (nSPS) is 10.8. The average Bonchev–Trinajstić information content (AvgIpc) is 2.82.